The lowest BCUT2D eigenvalue weighted by atomic mass is 10.0. The Morgan fingerprint density at radius 3 is 2.59 bits per heavy atom. The predicted molar refractivity (Wildman–Crippen MR) is 65.5 cm³/mol. The molecule has 0 aliphatic rings. The van der Waals surface area contributed by atoms with Gasteiger partial charge < -0.3 is 10.2 Å². The van der Waals surface area contributed by atoms with Crippen LogP contribution in [0.5, 0.6) is 0 Å². The second-order valence-corrected chi connectivity index (χ2v) is 4.02. The summed E-state index contributed by atoms with van der Waals surface area (Å²) in [7, 11) is 0. The van der Waals surface area contributed by atoms with Crippen molar-refractivity contribution in [2.45, 2.75) is 18.9 Å². The summed E-state index contributed by atoms with van der Waals surface area (Å²) in [6, 6.07) is 12.7. The van der Waals surface area contributed by atoms with Crippen LogP contribution in [0.3, 0.4) is 0 Å². The number of carbonyl (C=O) groups excluding carboxylic acids is 1. The molecule has 1 heterocycles. The predicted octanol–water partition coefficient (Wildman–Crippen LogP) is 1.96. The summed E-state index contributed by atoms with van der Waals surface area (Å²) in [5.74, 6) is 0.784. The lowest BCUT2D eigenvalue weighted by Crippen LogP contribution is -2.33. The molecule has 0 saturated carbocycles. The van der Waals surface area contributed by atoms with Gasteiger partial charge in [-0.1, -0.05) is 30.3 Å². The van der Waals surface area contributed by atoms with Gasteiger partial charge in [0.25, 0.3) is 0 Å². The smallest absolute Gasteiger partial charge is 0.154 e. The standard InChI is InChI=1S/C14H15NO2/c15-13(10-12-7-4-8-17-12)14(16)9-11-5-2-1-3-6-11/h1-8,13H,9-10,15H2. The van der Waals surface area contributed by atoms with Crippen molar-refractivity contribution in [3.05, 3.63) is 60.1 Å². The highest BCUT2D eigenvalue weighted by molar-refractivity contribution is 5.86. The van der Waals surface area contributed by atoms with Gasteiger partial charge in [0.1, 0.15) is 5.76 Å². The van der Waals surface area contributed by atoms with Gasteiger partial charge in [0, 0.05) is 12.8 Å². The lowest BCUT2D eigenvalue weighted by molar-refractivity contribution is -0.119. The van der Waals surface area contributed by atoms with Gasteiger partial charge in [-0.2, -0.15) is 0 Å². The molecule has 2 N–H and O–H groups in total. The molecule has 2 rings (SSSR count). The monoisotopic (exact) mass is 229 g/mol. The van der Waals surface area contributed by atoms with E-state index in [0.29, 0.717) is 12.8 Å². The van der Waals surface area contributed by atoms with E-state index in [4.69, 9.17) is 10.2 Å². The summed E-state index contributed by atoms with van der Waals surface area (Å²) in [5.41, 5.74) is 6.84. The van der Waals surface area contributed by atoms with Gasteiger partial charge in [0.2, 0.25) is 0 Å². The Labute approximate surface area is 100 Å². The highest BCUT2D eigenvalue weighted by Crippen LogP contribution is 2.06. The van der Waals surface area contributed by atoms with E-state index in [1.54, 1.807) is 12.3 Å². The molecule has 88 valence electrons. The fourth-order valence-corrected chi connectivity index (χ4v) is 1.69. The normalized spacial score (nSPS) is 12.3. The van der Waals surface area contributed by atoms with Gasteiger partial charge in [0.05, 0.1) is 12.3 Å². The molecule has 0 aliphatic heterocycles. The third kappa shape index (κ3) is 3.29. The maximum absolute atomic E-state index is 11.9. The van der Waals surface area contributed by atoms with Crippen LogP contribution in [0.15, 0.2) is 53.1 Å². The van der Waals surface area contributed by atoms with Crippen LogP contribution in [0.2, 0.25) is 0 Å². The molecule has 0 aliphatic carbocycles. The fourth-order valence-electron chi connectivity index (χ4n) is 1.69. The molecule has 0 fully saturated rings. The van der Waals surface area contributed by atoms with Crippen molar-refractivity contribution in [2.75, 3.05) is 0 Å². The third-order valence-corrected chi connectivity index (χ3v) is 2.64. The minimum absolute atomic E-state index is 0.0348. The molecular weight excluding hydrogens is 214 g/mol. The summed E-state index contributed by atoms with van der Waals surface area (Å²) < 4.78 is 5.17. The Kier molecular flexibility index (Phi) is 3.73. The molecule has 17 heavy (non-hydrogen) atoms. The molecule has 0 spiro atoms. The molecule has 3 heteroatoms. The summed E-state index contributed by atoms with van der Waals surface area (Å²) in [6.45, 7) is 0. The quantitative estimate of drug-likeness (QED) is 0.852. The molecule has 1 aromatic carbocycles. The van der Waals surface area contributed by atoms with Crippen LogP contribution in [0.25, 0.3) is 0 Å². The SMILES string of the molecule is NC(Cc1ccco1)C(=O)Cc1ccccc1. The van der Waals surface area contributed by atoms with Crippen molar-refractivity contribution in [2.24, 2.45) is 5.73 Å². The molecule has 0 bridgehead atoms. The zero-order valence-electron chi connectivity index (χ0n) is 9.50. The second kappa shape index (κ2) is 5.46. The molecular formula is C14H15NO2. The van der Waals surface area contributed by atoms with E-state index in [1.807, 2.05) is 36.4 Å². The van der Waals surface area contributed by atoms with Crippen LogP contribution in [-0.2, 0) is 17.6 Å². The van der Waals surface area contributed by atoms with Gasteiger partial charge in [-0.05, 0) is 17.7 Å². The minimum Gasteiger partial charge on any atom is -0.469 e. The first-order valence-corrected chi connectivity index (χ1v) is 5.60. The van der Waals surface area contributed by atoms with Gasteiger partial charge in [-0.3, -0.25) is 4.79 Å². The van der Waals surface area contributed by atoms with Crippen molar-refractivity contribution in [1.82, 2.24) is 0 Å². The highest BCUT2D eigenvalue weighted by Gasteiger charge is 2.15. The van der Waals surface area contributed by atoms with E-state index in [0.717, 1.165) is 11.3 Å². The molecule has 0 amide bonds. The average molecular weight is 229 g/mol. The maximum Gasteiger partial charge on any atom is 0.154 e. The molecule has 1 atom stereocenters. The van der Waals surface area contributed by atoms with Crippen LogP contribution >= 0.6 is 0 Å². The first-order chi connectivity index (χ1) is 8.25. The van der Waals surface area contributed by atoms with E-state index >= 15 is 0 Å². The van der Waals surface area contributed by atoms with Crippen LogP contribution < -0.4 is 5.73 Å². The van der Waals surface area contributed by atoms with Gasteiger partial charge in [0.15, 0.2) is 5.78 Å². The molecule has 0 radical (unpaired) electrons. The number of ketones is 1. The highest BCUT2D eigenvalue weighted by atomic mass is 16.3. The molecule has 2 aromatic rings. The Morgan fingerprint density at radius 2 is 1.94 bits per heavy atom. The number of nitrogens with two attached hydrogens (primary N) is 1. The Morgan fingerprint density at radius 1 is 1.18 bits per heavy atom. The number of rotatable bonds is 5. The van der Waals surface area contributed by atoms with E-state index in [2.05, 4.69) is 0 Å². The summed E-state index contributed by atoms with van der Waals surface area (Å²) >= 11 is 0. The van der Waals surface area contributed by atoms with Crippen molar-refractivity contribution < 1.29 is 9.21 Å². The fraction of sp³-hybridized carbons (Fsp3) is 0.214. The summed E-state index contributed by atoms with van der Waals surface area (Å²) in [5, 5.41) is 0. The number of furan rings is 1. The van der Waals surface area contributed by atoms with Crippen molar-refractivity contribution in [3.63, 3.8) is 0 Å². The maximum atomic E-state index is 11.9. The topological polar surface area (TPSA) is 56.2 Å². The van der Waals surface area contributed by atoms with Crippen LogP contribution in [0.1, 0.15) is 11.3 Å². The Balaban J connectivity index is 1.92. The first kappa shape index (κ1) is 11.6. The van der Waals surface area contributed by atoms with Crippen molar-refractivity contribution in [3.8, 4) is 0 Å². The Bertz CT molecular complexity index is 462. The second-order valence-electron chi connectivity index (χ2n) is 4.02. The van der Waals surface area contributed by atoms with Gasteiger partial charge >= 0.3 is 0 Å². The van der Waals surface area contributed by atoms with E-state index in [9.17, 15) is 4.79 Å². The van der Waals surface area contributed by atoms with E-state index in [1.165, 1.54) is 0 Å². The molecule has 0 saturated heterocycles. The molecule has 1 unspecified atom stereocenters. The summed E-state index contributed by atoms with van der Waals surface area (Å²) in [4.78, 5) is 11.9. The van der Waals surface area contributed by atoms with Gasteiger partial charge in [-0.15, -0.1) is 0 Å². The van der Waals surface area contributed by atoms with Crippen molar-refractivity contribution >= 4 is 5.78 Å². The van der Waals surface area contributed by atoms with Crippen LogP contribution in [0, 0.1) is 0 Å². The third-order valence-electron chi connectivity index (χ3n) is 2.64. The minimum atomic E-state index is -0.499. The van der Waals surface area contributed by atoms with Crippen LogP contribution in [-0.4, -0.2) is 11.8 Å². The van der Waals surface area contributed by atoms with Crippen LogP contribution in [0.4, 0.5) is 0 Å². The number of Topliss-reactive ketones (excluding diaryl/α,β-unsaturated/α-hetero) is 1. The Hall–Kier alpha value is -1.87. The number of benzene rings is 1. The molecule has 1 aromatic heterocycles. The zero-order chi connectivity index (χ0) is 12.1. The van der Waals surface area contributed by atoms with Gasteiger partial charge in [-0.25, -0.2) is 0 Å². The van der Waals surface area contributed by atoms with E-state index in [-0.39, 0.29) is 5.78 Å². The number of carbonyl (C=O) groups is 1. The molecule has 3 nitrogen and oxygen atoms in total. The lowest BCUT2D eigenvalue weighted by Gasteiger charge is -2.08. The number of hydrogen-bond acceptors (Lipinski definition) is 3. The number of hydrogen-bond donors (Lipinski definition) is 1. The zero-order valence-corrected chi connectivity index (χ0v) is 9.50. The van der Waals surface area contributed by atoms with E-state index < -0.39 is 6.04 Å². The van der Waals surface area contributed by atoms with Crippen molar-refractivity contribution in [1.29, 1.82) is 0 Å². The largest absolute Gasteiger partial charge is 0.469 e. The summed E-state index contributed by atoms with van der Waals surface area (Å²) in [6.07, 6.45) is 2.42. The first-order valence-electron chi connectivity index (χ1n) is 5.60. The average Bonchev–Trinajstić information content (AvgIpc) is 2.83.